The van der Waals surface area contributed by atoms with Gasteiger partial charge in [0, 0.05) is 54.9 Å². The van der Waals surface area contributed by atoms with Gasteiger partial charge in [-0.25, -0.2) is 9.50 Å². The number of alkyl halides is 5. The monoisotopic (exact) mass is 702 g/mol. The second kappa shape index (κ2) is 14.2. The number of nitrogens with one attached hydrogen (secondary N) is 2. The number of halogens is 6. The number of piperidine rings is 1. The molecule has 4 heterocycles. The van der Waals surface area contributed by atoms with Crippen molar-refractivity contribution in [3.63, 3.8) is 0 Å². The molecule has 2 aromatic carbocycles. The van der Waals surface area contributed by atoms with E-state index in [1.165, 1.54) is 52.1 Å². The molecular weight excluding hydrogens is 675 g/mol. The Balaban J connectivity index is 1.17. The summed E-state index contributed by atoms with van der Waals surface area (Å²) < 4.78 is 73.2. The third-order valence-electron chi connectivity index (χ3n) is 7.94. The lowest BCUT2D eigenvalue weighted by molar-refractivity contribution is -0.137. The highest BCUT2D eigenvalue weighted by molar-refractivity contribution is 6.31. The number of aromatic nitrogens is 5. The van der Waals surface area contributed by atoms with Crippen molar-refractivity contribution in [2.24, 2.45) is 0 Å². The summed E-state index contributed by atoms with van der Waals surface area (Å²) in [5.41, 5.74) is 0.382. The SMILES string of the molecule is O=C(Nc1cn(CC(=O)N2CCC(NCc3cccc(C(F)(F)F)c3)CC2)nc1-c1cc(Cl)ccc1OC(F)F)c1cnn2cccnc12. The first-order chi connectivity index (χ1) is 23.4. The van der Waals surface area contributed by atoms with Crippen LogP contribution in [0.1, 0.15) is 34.3 Å². The first-order valence-corrected chi connectivity index (χ1v) is 15.4. The molecule has 0 aliphatic carbocycles. The van der Waals surface area contributed by atoms with Gasteiger partial charge in [-0.15, -0.1) is 0 Å². The van der Waals surface area contributed by atoms with Crippen molar-refractivity contribution in [2.75, 3.05) is 18.4 Å². The summed E-state index contributed by atoms with van der Waals surface area (Å²) in [4.78, 5) is 32.5. The van der Waals surface area contributed by atoms with E-state index < -0.39 is 24.3 Å². The van der Waals surface area contributed by atoms with E-state index in [2.05, 4.69) is 25.8 Å². The maximum absolute atomic E-state index is 13.4. The molecule has 0 unspecified atom stereocenters. The van der Waals surface area contributed by atoms with Crippen molar-refractivity contribution < 1.29 is 36.3 Å². The molecule has 17 heteroatoms. The minimum Gasteiger partial charge on any atom is -0.434 e. The third kappa shape index (κ3) is 7.97. The number of benzene rings is 2. The molecule has 3 aromatic heterocycles. The summed E-state index contributed by atoms with van der Waals surface area (Å²) in [6, 6.07) is 10.7. The number of carbonyl (C=O) groups is 2. The Morgan fingerprint density at radius 2 is 1.88 bits per heavy atom. The average Bonchev–Trinajstić information content (AvgIpc) is 3.68. The van der Waals surface area contributed by atoms with Crippen LogP contribution < -0.4 is 15.4 Å². The number of rotatable bonds is 10. The van der Waals surface area contributed by atoms with Crippen LogP contribution in [0.3, 0.4) is 0 Å². The summed E-state index contributed by atoms with van der Waals surface area (Å²) in [5, 5.41) is 14.8. The summed E-state index contributed by atoms with van der Waals surface area (Å²) in [5.74, 6) is -1.15. The van der Waals surface area contributed by atoms with Crippen LogP contribution in [0.5, 0.6) is 5.75 Å². The molecule has 0 radical (unpaired) electrons. The van der Waals surface area contributed by atoms with Crippen molar-refractivity contribution in [3.05, 3.63) is 95.0 Å². The zero-order chi connectivity index (χ0) is 34.7. The van der Waals surface area contributed by atoms with Gasteiger partial charge in [0.2, 0.25) is 5.91 Å². The Bertz CT molecular complexity index is 1970. The summed E-state index contributed by atoms with van der Waals surface area (Å²) in [6.07, 6.45) is 2.56. The molecule has 0 saturated carbocycles. The van der Waals surface area contributed by atoms with Gasteiger partial charge in [-0.3, -0.25) is 14.3 Å². The van der Waals surface area contributed by atoms with E-state index >= 15 is 0 Å². The number of carbonyl (C=O) groups excluding carboxylic acids is 2. The molecule has 2 amide bonds. The second-order valence-corrected chi connectivity index (χ2v) is 11.7. The second-order valence-electron chi connectivity index (χ2n) is 11.2. The fraction of sp³-hybridized carbons (Fsp3) is 0.281. The molecule has 1 fully saturated rings. The molecular formula is C32H28ClF5N8O3. The Morgan fingerprint density at radius 3 is 2.63 bits per heavy atom. The van der Waals surface area contributed by atoms with Gasteiger partial charge in [-0.2, -0.15) is 32.1 Å². The smallest absolute Gasteiger partial charge is 0.416 e. The van der Waals surface area contributed by atoms with Crippen molar-refractivity contribution in [2.45, 2.75) is 44.8 Å². The molecule has 11 nitrogen and oxygen atoms in total. The van der Waals surface area contributed by atoms with Gasteiger partial charge < -0.3 is 20.3 Å². The van der Waals surface area contributed by atoms with E-state index in [4.69, 9.17) is 16.3 Å². The fourth-order valence-electron chi connectivity index (χ4n) is 5.55. The average molecular weight is 703 g/mol. The molecule has 2 N–H and O–H groups in total. The summed E-state index contributed by atoms with van der Waals surface area (Å²) in [6.45, 7) is -2.37. The van der Waals surface area contributed by atoms with Gasteiger partial charge in [0.1, 0.15) is 23.6 Å². The van der Waals surface area contributed by atoms with Crippen LogP contribution in [-0.4, -0.2) is 66.8 Å². The van der Waals surface area contributed by atoms with E-state index in [0.29, 0.717) is 31.5 Å². The van der Waals surface area contributed by atoms with E-state index in [0.717, 1.165) is 12.1 Å². The van der Waals surface area contributed by atoms with Crippen LogP contribution in [0.25, 0.3) is 16.9 Å². The first-order valence-electron chi connectivity index (χ1n) is 15.0. The predicted molar refractivity (Wildman–Crippen MR) is 168 cm³/mol. The number of hydrogen-bond acceptors (Lipinski definition) is 7. The van der Waals surface area contributed by atoms with E-state index in [9.17, 15) is 31.5 Å². The quantitative estimate of drug-likeness (QED) is 0.174. The van der Waals surface area contributed by atoms with Crippen LogP contribution in [0.2, 0.25) is 5.02 Å². The van der Waals surface area contributed by atoms with Crippen LogP contribution >= 0.6 is 11.6 Å². The number of hydrogen-bond donors (Lipinski definition) is 2. The molecule has 5 aromatic rings. The van der Waals surface area contributed by atoms with Gasteiger partial charge in [0.15, 0.2) is 5.65 Å². The van der Waals surface area contributed by atoms with E-state index in [1.807, 2.05) is 0 Å². The van der Waals surface area contributed by atoms with Gasteiger partial charge in [0.25, 0.3) is 5.91 Å². The van der Waals surface area contributed by atoms with Gasteiger partial charge >= 0.3 is 12.8 Å². The normalized spacial score (nSPS) is 14.1. The number of anilines is 1. The highest BCUT2D eigenvalue weighted by atomic mass is 35.5. The number of amides is 2. The molecule has 49 heavy (non-hydrogen) atoms. The lowest BCUT2D eigenvalue weighted by Gasteiger charge is -2.32. The first kappa shape index (κ1) is 33.8. The lowest BCUT2D eigenvalue weighted by atomic mass is 10.0. The van der Waals surface area contributed by atoms with E-state index in [1.54, 1.807) is 23.2 Å². The van der Waals surface area contributed by atoms with Crippen molar-refractivity contribution in [1.29, 1.82) is 0 Å². The topological polar surface area (TPSA) is 119 Å². The maximum Gasteiger partial charge on any atom is 0.416 e. The Kier molecular flexibility index (Phi) is 9.78. The van der Waals surface area contributed by atoms with Crippen LogP contribution in [-0.2, 0) is 24.1 Å². The number of likely N-dealkylation sites (tertiary alicyclic amines) is 1. The molecule has 1 saturated heterocycles. The zero-order valence-electron chi connectivity index (χ0n) is 25.5. The van der Waals surface area contributed by atoms with Gasteiger partial charge in [-0.05, 0) is 48.7 Å². The fourth-order valence-corrected chi connectivity index (χ4v) is 5.72. The molecule has 6 rings (SSSR count). The number of ether oxygens (including phenoxy) is 1. The minimum absolute atomic E-state index is 0.0118. The highest BCUT2D eigenvalue weighted by Gasteiger charge is 2.31. The van der Waals surface area contributed by atoms with Gasteiger partial charge in [-0.1, -0.05) is 29.8 Å². The zero-order valence-corrected chi connectivity index (χ0v) is 26.3. The predicted octanol–water partition coefficient (Wildman–Crippen LogP) is 5.90. The molecule has 1 aliphatic rings. The Hall–Kier alpha value is -5.09. The molecule has 0 spiro atoms. The molecule has 0 atom stereocenters. The van der Waals surface area contributed by atoms with Crippen LogP contribution in [0, 0.1) is 0 Å². The largest absolute Gasteiger partial charge is 0.434 e. The van der Waals surface area contributed by atoms with Crippen LogP contribution in [0.4, 0.5) is 27.6 Å². The van der Waals surface area contributed by atoms with Crippen molar-refractivity contribution in [1.82, 2.24) is 34.6 Å². The minimum atomic E-state index is -4.42. The summed E-state index contributed by atoms with van der Waals surface area (Å²) in [7, 11) is 0. The lowest BCUT2D eigenvalue weighted by Crippen LogP contribution is -2.45. The van der Waals surface area contributed by atoms with Crippen molar-refractivity contribution >= 4 is 34.7 Å². The summed E-state index contributed by atoms with van der Waals surface area (Å²) >= 11 is 6.20. The third-order valence-corrected chi connectivity index (χ3v) is 8.18. The molecule has 256 valence electrons. The highest BCUT2D eigenvalue weighted by Crippen LogP contribution is 2.37. The Labute approximate surface area is 280 Å². The number of nitrogens with zero attached hydrogens (tertiary/aromatic N) is 6. The molecule has 0 bridgehead atoms. The molecule has 1 aliphatic heterocycles. The Morgan fingerprint density at radius 1 is 1.08 bits per heavy atom. The standard InChI is InChI=1S/C32H28ClF5N8O3/c33-21-5-6-26(49-31(34)35)23(14-21)28-25(42-30(48)24-16-41-46-10-2-9-39-29(24)46)17-45(43-28)18-27(47)44-11-7-22(8-12-44)40-15-19-3-1-4-20(13-19)32(36,37)38/h1-6,9-10,13-14,16-17,22,31,40H,7-8,11-12,15,18H2,(H,42,48). The van der Waals surface area contributed by atoms with E-state index in [-0.39, 0.29) is 64.0 Å². The van der Waals surface area contributed by atoms with Crippen molar-refractivity contribution in [3.8, 4) is 17.0 Å². The maximum atomic E-state index is 13.4. The van der Waals surface area contributed by atoms with Crippen LogP contribution in [0.15, 0.2) is 73.3 Å². The van der Waals surface area contributed by atoms with Gasteiger partial charge in [0.05, 0.1) is 17.4 Å². The number of fused-ring (bicyclic) bond motifs is 1.